The van der Waals surface area contributed by atoms with E-state index in [1.165, 1.54) is 36.3 Å². The average Bonchev–Trinajstić information content (AvgIpc) is 3.14. The molecule has 0 aliphatic carbocycles. The van der Waals surface area contributed by atoms with E-state index in [0.29, 0.717) is 22.4 Å². The number of aliphatic hydroxyl groups is 1. The number of hydrogen-bond donors (Lipinski definition) is 2. The van der Waals surface area contributed by atoms with E-state index in [-0.39, 0.29) is 40.8 Å². The summed E-state index contributed by atoms with van der Waals surface area (Å²) in [5.74, 6) is -2.10. The molecule has 0 bridgehead atoms. The average molecular weight is 522 g/mol. The molecular weight excluding hydrogens is 498 g/mol. The number of phenols is 1. The number of benzene rings is 3. The number of aromatic hydroxyl groups is 1. The molecule has 1 unspecified atom stereocenters. The number of carbonyl (C=O) groups excluding carboxylic acids is 3. The number of nitrogens with zero attached hydrogens (tertiary/aromatic N) is 1. The first-order chi connectivity index (χ1) is 17.7. The lowest BCUT2D eigenvalue weighted by Gasteiger charge is -2.25. The summed E-state index contributed by atoms with van der Waals surface area (Å²) in [5.41, 5.74) is 1.66. The number of amides is 1. The third-order valence-corrected chi connectivity index (χ3v) is 6.29. The fourth-order valence-electron chi connectivity index (χ4n) is 4.17. The minimum Gasteiger partial charge on any atom is -0.508 e. The van der Waals surface area contributed by atoms with Crippen LogP contribution in [0.2, 0.25) is 5.02 Å². The number of hydrogen-bond acceptors (Lipinski definition) is 7. The summed E-state index contributed by atoms with van der Waals surface area (Å²) in [6, 6.07) is 16.1. The van der Waals surface area contributed by atoms with Crippen molar-refractivity contribution < 1.29 is 34.1 Å². The first kappa shape index (κ1) is 25.8. The zero-order valence-electron chi connectivity index (χ0n) is 20.1. The summed E-state index contributed by atoms with van der Waals surface area (Å²) in [7, 11) is 1.45. The number of rotatable bonds is 7. The molecule has 1 atom stereocenters. The van der Waals surface area contributed by atoms with Crippen LogP contribution in [0.1, 0.15) is 40.0 Å². The van der Waals surface area contributed by atoms with Crippen molar-refractivity contribution in [1.82, 2.24) is 4.90 Å². The Morgan fingerprint density at radius 3 is 2.24 bits per heavy atom. The normalized spacial score (nSPS) is 16.6. The monoisotopic (exact) mass is 521 g/mol. The molecule has 4 rings (SSSR count). The van der Waals surface area contributed by atoms with Crippen molar-refractivity contribution in [2.75, 3.05) is 13.7 Å². The second-order valence-corrected chi connectivity index (χ2v) is 8.69. The quantitative estimate of drug-likeness (QED) is 0.198. The van der Waals surface area contributed by atoms with Gasteiger partial charge in [0.2, 0.25) is 0 Å². The zero-order chi connectivity index (χ0) is 26.7. The number of halogens is 1. The summed E-state index contributed by atoms with van der Waals surface area (Å²) < 4.78 is 10.2. The predicted octanol–water partition coefficient (Wildman–Crippen LogP) is 4.85. The summed E-state index contributed by atoms with van der Waals surface area (Å²) in [5, 5.41) is 21.2. The lowest BCUT2D eigenvalue weighted by Crippen LogP contribution is -2.29. The van der Waals surface area contributed by atoms with Crippen LogP contribution < -0.4 is 4.74 Å². The molecule has 190 valence electrons. The Hall–Kier alpha value is -4.30. The van der Waals surface area contributed by atoms with Crippen LogP contribution in [0, 0.1) is 0 Å². The van der Waals surface area contributed by atoms with E-state index < -0.39 is 23.7 Å². The Morgan fingerprint density at radius 2 is 1.65 bits per heavy atom. The molecule has 9 heteroatoms. The molecule has 0 aromatic heterocycles. The van der Waals surface area contributed by atoms with Crippen molar-refractivity contribution in [3.05, 3.63) is 99.6 Å². The summed E-state index contributed by atoms with van der Waals surface area (Å²) in [6.07, 6.45) is 0. The van der Waals surface area contributed by atoms with Crippen molar-refractivity contribution in [1.29, 1.82) is 0 Å². The van der Waals surface area contributed by atoms with Crippen LogP contribution >= 0.6 is 11.6 Å². The fourth-order valence-corrected chi connectivity index (χ4v) is 4.43. The smallest absolute Gasteiger partial charge is 0.338 e. The standard InChI is InChI=1S/C28H24ClNO7/c1-3-37-28(35)18-6-4-16(5-7-18)15-30-24(17-8-11-20(31)12-9-17)23(26(33)27(30)34)25(32)19-10-13-22(36-2)21(29)14-19/h4-14,24,31-32H,3,15H2,1-2H3/b25-23-. The van der Waals surface area contributed by atoms with Gasteiger partial charge in [0.05, 0.1) is 35.9 Å². The third kappa shape index (κ3) is 5.15. The molecule has 1 saturated heterocycles. The van der Waals surface area contributed by atoms with Gasteiger partial charge in [0.1, 0.15) is 17.3 Å². The lowest BCUT2D eigenvalue weighted by atomic mass is 9.95. The molecule has 0 spiro atoms. The SMILES string of the molecule is CCOC(=O)c1ccc(CN2C(=O)C(=O)/C(=C(\O)c3ccc(OC)c(Cl)c3)C2c2ccc(O)cc2)cc1. The van der Waals surface area contributed by atoms with Gasteiger partial charge in [0.25, 0.3) is 11.7 Å². The highest BCUT2D eigenvalue weighted by molar-refractivity contribution is 6.46. The topological polar surface area (TPSA) is 113 Å². The maximum atomic E-state index is 13.2. The third-order valence-electron chi connectivity index (χ3n) is 5.99. The minimum absolute atomic E-state index is 0.0113. The predicted molar refractivity (Wildman–Crippen MR) is 136 cm³/mol. The van der Waals surface area contributed by atoms with Crippen molar-refractivity contribution in [3.8, 4) is 11.5 Å². The molecule has 2 N–H and O–H groups in total. The molecule has 1 fully saturated rings. The van der Waals surface area contributed by atoms with Crippen LogP contribution in [0.15, 0.2) is 72.3 Å². The van der Waals surface area contributed by atoms with Gasteiger partial charge in [0, 0.05) is 12.1 Å². The van der Waals surface area contributed by atoms with Crippen molar-refractivity contribution >= 4 is 35.0 Å². The van der Waals surface area contributed by atoms with Gasteiger partial charge in [-0.15, -0.1) is 0 Å². The second kappa shape index (κ2) is 10.8. The van der Waals surface area contributed by atoms with Gasteiger partial charge < -0.3 is 24.6 Å². The Kier molecular flexibility index (Phi) is 7.50. The molecule has 0 saturated carbocycles. The molecule has 8 nitrogen and oxygen atoms in total. The minimum atomic E-state index is -0.939. The van der Waals surface area contributed by atoms with Gasteiger partial charge >= 0.3 is 5.97 Å². The van der Waals surface area contributed by atoms with Crippen molar-refractivity contribution in [3.63, 3.8) is 0 Å². The number of methoxy groups -OCH3 is 1. The number of Topliss-reactive ketones (excluding diaryl/α,β-unsaturated/α-hetero) is 1. The van der Waals surface area contributed by atoms with Gasteiger partial charge in [-0.2, -0.15) is 0 Å². The number of aliphatic hydroxyl groups excluding tert-OH is 1. The van der Waals surface area contributed by atoms with E-state index in [1.54, 1.807) is 49.4 Å². The number of ketones is 1. The summed E-state index contributed by atoms with van der Waals surface area (Å²) in [6.45, 7) is 1.99. The Bertz CT molecular complexity index is 1380. The highest BCUT2D eigenvalue weighted by Gasteiger charge is 2.46. The van der Waals surface area contributed by atoms with Gasteiger partial charge in [-0.05, 0) is 60.5 Å². The van der Waals surface area contributed by atoms with Gasteiger partial charge in [0.15, 0.2) is 0 Å². The molecule has 37 heavy (non-hydrogen) atoms. The fraction of sp³-hybridized carbons (Fsp3) is 0.179. The van der Waals surface area contributed by atoms with E-state index >= 15 is 0 Å². The highest BCUT2D eigenvalue weighted by atomic mass is 35.5. The van der Waals surface area contributed by atoms with Crippen LogP contribution in [-0.2, 0) is 20.9 Å². The largest absolute Gasteiger partial charge is 0.508 e. The van der Waals surface area contributed by atoms with E-state index in [2.05, 4.69) is 0 Å². The summed E-state index contributed by atoms with van der Waals surface area (Å²) in [4.78, 5) is 39.7. The van der Waals surface area contributed by atoms with Crippen LogP contribution in [-0.4, -0.2) is 46.5 Å². The molecule has 1 aliphatic rings. The molecule has 3 aromatic carbocycles. The van der Waals surface area contributed by atoms with Crippen LogP contribution in [0.3, 0.4) is 0 Å². The molecule has 0 radical (unpaired) electrons. The number of phenolic OH excluding ortho intramolecular Hbond substituents is 1. The van der Waals surface area contributed by atoms with Gasteiger partial charge in [-0.3, -0.25) is 9.59 Å². The first-order valence-electron chi connectivity index (χ1n) is 11.4. The Balaban J connectivity index is 1.77. The van der Waals surface area contributed by atoms with Gasteiger partial charge in [-0.1, -0.05) is 35.9 Å². The number of esters is 1. The van der Waals surface area contributed by atoms with Crippen molar-refractivity contribution in [2.45, 2.75) is 19.5 Å². The van der Waals surface area contributed by atoms with Crippen LogP contribution in [0.4, 0.5) is 0 Å². The van der Waals surface area contributed by atoms with Crippen LogP contribution in [0.5, 0.6) is 11.5 Å². The van der Waals surface area contributed by atoms with E-state index in [9.17, 15) is 24.6 Å². The molecule has 1 amide bonds. The Labute approximate surface area is 218 Å². The molecule has 1 heterocycles. The van der Waals surface area contributed by atoms with E-state index in [4.69, 9.17) is 21.1 Å². The molecule has 3 aromatic rings. The van der Waals surface area contributed by atoms with Crippen LogP contribution in [0.25, 0.3) is 5.76 Å². The number of ether oxygens (including phenoxy) is 2. The maximum Gasteiger partial charge on any atom is 0.338 e. The van der Waals surface area contributed by atoms with E-state index in [1.807, 2.05) is 0 Å². The zero-order valence-corrected chi connectivity index (χ0v) is 20.9. The Morgan fingerprint density at radius 1 is 1.00 bits per heavy atom. The molecule has 1 aliphatic heterocycles. The first-order valence-corrected chi connectivity index (χ1v) is 11.8. The number of likely N-dealkylation sites (tertiary alicyclic amines) is 1. The molecular formula is C28H24ClNO7. The van der Waals surface area contributed by atoms with Crippen molar-refractivity contribution in [2.24, 2.45) is 0 Å². The summed E-state index contributed by atoms with van der Waals surface area (Å²) >= 11 is 6.23. The van der Waals surface area contributed by atoms with E-state index in [0.717, 1.165) is 0 Å². The second-order valence-electron chi connectivity index (χ2n) is 8.29. The highest BCUT2D eigenvalue weighted by Crippen LogP contribution is 2.41. The lowest BCUT2D eigenvalue weighted by molar-refractivity contribution is -0.140. The number of carbonyl (C=O) groups is 3. The maximum absolute atomic E-state index is 13.2. The van der Waals surface area contributed by atoms with Gasteiger partial charge in [-0.25, -0.2) is 4.79 Å².